The van der Waals surface area contributed by atoms with Crippen LogP contribution in [0.5, 0.6) is 0 Å². The van der Waals surface area contributed by atoms with Crippen molar-refractivity contribution in [1.82, 2.24) is 39.7 Å². The second-order valence-corrected chi connectivity index (χ2v) is 6.81. The second-order valence-electron chi connectivity index (χ2n) is 5.90. The van der Waals surface area contributed by atoms with Crippen LogP contribution in [-0.2, 0) is 0 Å². The normalized spacial score (nSPS) is 11.0. The number of halogens is 1. The molecule has 0 fully saturated rings. The van der Waals surface area contributed by atoms with E-state index in [0.717, 1.165) is 21.5 Å². The Morgan fingerprint density at radius 2 is 1.89 bits per heavy atom. The maximum Gasteiger partial charge on any atom is 0.229 e. The SMILES string of the molecule is Brc1cccc(-n2nnc3cnc(Nc4ccc(-n5cncn5)cc4)nc32)c1. The predicted molar refractivity (Wildman–Crippen MR) is 107 cm³/mol. The van der Waals surface area contributed by atoms with Crippen LogP contribution < -0.4 is 5.32 Å². The fraction of sp³-hybridized carbons (Fsp3) is 0. The van der Waals surface area contributed by atoms with Gasteiger partial charge in [-0.2, -0.15) is 14.8 Å². The third-order valence-corrected chi connectivity index (χ3v) is 4.55. The minimum absolute atomic E-state index is 0.458. The lowest BCUT2D eigenvalue weighted by Crippen LogP contribution is -2.01. The van der Waals surface area contributed by atoms with Gasteiger partial charge in [-0.25, -0.2) is 14.6 Å². The Morgan fingerprint density at radius 3 is 2.68 bits per heavy atom. The van der Waals surface area contributed by atoms with E-state index in [0.29, 0.717) is 17.1 Å². The standard InChI is InChI=1S/C18H12BrN9/c19-12-2-1-3-15(8-12)28-17-16(25-26-28)9-21-18(24-17)23-13-4-6-14(7-5-13)27-11-20-10-22-27/h1-11H,(H,21,23,24). The summed E-state index contributed by atoms with van der Waals surface area (Å²) in [6.45, 7) is 0. The number of hydrogen-bond donors (Lipinski definition) is 1. The highest BCUT2D eigenvalue weighted by Gasteiger charge is 2.10. The molecule has 0 amide bonds. The van der Waals surface area contributed by atoms with Gasteiger partial charge in [0.25, 0.3) is 0 Å². The van der Waals surface area contributed by atoms with Gasteiger partial charge >= 0.3 is 0 Å². The van der Waals surface area contributed by atoms with Crippen LogP contribution in [0.15, 0.2) is 71.9 Å². The molecule has 3 heterocycles. The van der Waals surface area contributed by atoms with E-state index >= 15 is 0 Å². The lowest BCUT2D eigenvalue weighted by Gasteiger charge is -2.07. The minimum Gasteiger partial charge on any atom is -0.324 e. The summed E-state index contributed by atoms with van der Waals surface area (Å²) in [6, 6.07) is 15.5. The average molecular weight is 434 g/mol. The molecule has 9 nitrogen and oxygen atoms in total. The summed E-state index contributed by atoms with van der Waals surface area (Å²) in [5.74, 6) is 0.458. The van der Waals surface area contributed by atoms with Crippen LogP contribution in [0.4, 0.5) is 11.6 Å². The molecule has 5 aromatic rings. The Hall–Kier alpha value is -3.66. The number of hydrogen-bond acceptors (Lipinski definition) is 7. The van der Waals surface area contributed by atoms with Gasteiger partial charge in [-0.05, 0) is 42.5 Å². The lowest BCUT2D eigenvalue weighted by atomic mass is 10.3. The third kappa shape index (κ3) is 3.09. The van der Waals surface area contributed by atoms with Crippen molar-refractivity contribution in [3.63, 3.8) is 0 Å². The molecular weight excluding hydrogens is 422 g/mol. The number of aromatic nitrogens is 8. The maximum absolute atomic E-state index is 4.58. The average Bonchev–Trinajstić information content (AvgIpc) is 3.38. The van der Waals surface area contributed by atoms with Gasteiger partial charge < -0.3 is 5.32 Å². The Bertz CT molecular complexity index is 1250. The summed E-state index contributed by atoms with van der Waals surface area (Å²) in [6.07, 6.45) is 4.79. The van der Waals surface area contributed by atoms with Gasteiger partial charge in [0.2, 0.25) is 5.95 Å². The molecule has 0 spiro atoms. The first-order valence-corrected chi connectivity index (χ1v) is 9.12. The molecule has 0 aliphatic heterocycles. The molecule has 0 unspecified atom stereocenters. The fourth-order valence-corrected chi connectivity index (χ4v) is 3.13. The minimum atomic E-state index is 0.458. The van der Waals surface area contributed by atoms with Gasteiger partial charge in [0.15, 0.2) is 11.2 Å². The predicted octanol–water partition coefficient (Wildman–Crippen LogP) is 3.30. The van der Waals surface area contributed by atoms with Crippen molar-refractivity contribution in [2.75, 3.05) is 5.32 Å². The van der Waals surface area contributed by atoms with Crippen molar-refractivity contribution in [3.8, 4) is 11.4 Å². The molecule has 0 radical (unpaired) electrons. The highest BCUT2D eigenvalue weighted by atomic mass is 79.9. The number of nitrogens with one attached hydrogen (secondary N) is 1. The number of fused-ring (bicyclic) bond motifs is 1. The van der Waals surface area contributed by atoms with E-state index in [1.165, 1.54) is 6.33 Å². The molecule has 1 N–H and O–H groups in total. The molecule has 0 atom stereocenters. The zero-order valence-corrected chi connectivity index (χ0v) is 15.9. The number of anilines is 2. The number of rotatable bonds is 4. The third-order valence-electron chi connectivity index (χ3n) is 4.05. The first-order valence-electron chi connectivity index (χ1n) is 8.33. The smallest absolute Gasteiger partial charge is 0.229 e. The van der Waals surface area contributed by atoms with Crippen molar-refractivity contribution >= 4 is 38.7 Å². The topological polar surface area (TPSA) is 99.2 Å². The molecule has 0 aliphatic rings. The van der Waals surface area contributed by atoms with Crippen LogP contribution in [0.1, 0.15) is 0 Å². The van der Waals surface area contributed by atoms with Crippen molar-refractivity contribution in [2.24, 2.45) is 0 Å². The van der Waals surface area contributed by atoms with Crippen molar-refractivity contribution in [2.45, 2.75) is 0 Å². The van der Waals surface area contributed by atoms with E-state index in [-0.39, 0.29) is 0 Å². The van der Waals surface area contributed by atoms with E-state index in [1.54, 1.807) is 21.9 Å². The lowest BCUT2D eigenvalue weighted by molar-refractivity contribution is 0.817. The van der Waals surface area contributed by atoms with E-state index in [9.17, 15) is 0 Å². The Kier molecular flexibility index (Phi) is 4.02. The number of nitrogens with zero attached hydrogens (tertiary/aromatic N) is 8. The highest BCUT2D eigenvalue weighted by Crippen LogP contribution is 2.20. The van der Waals surface area contributed by atoms with Crippen LogP contribution in [0.25, 0.3) is 22.5 Å². The summed E-state index contributed by atoms with van der Waals surface area (Å²) in [7, 11) is 0. The maximum atomic E-state index is 4.58. The van der Waals surface area contributed by atoms with E-state index in [2.05, 4.69) is 51.6 Å². The summed E-state index contributed by atoms with van der Waals surface area (Å²) < 4.78 is 4.32. The van der Waals surface area contributed by atoms with Gasteiger partial charge in [-0.15, -0.1) is 5.10 Å². The van der Waals surface area contributed by atoms with Gasteiger partial charge in [-0.1, -0.05) is 27.2 Å². The molecule has 0 saturated carbocycles. The molecule has 2 aromatic carbocycles. The Morgan fingerprint density at radius 1 is 1.00 bits per heavy atom. The van der Waals surface area contributed by atoms with Gasteiger partial charge in [0.1, 0.15) is 12.7 Å². The quantitative estimate of drug-likeness (QED) is 0.463. The Balaban J connectivity index is 1.46. The zero-order chi connectivity index (χ0) is 18.9. The van der Waals surface area contributed by atoms with Crippen LogP contribution in [0.2, 0.25) is 0 Å². The number of benzene rings is 2. The molecule has 136 valence electrons. The summed E-state index contributed by atoms with van der Waals surface area (Å²) in [5, 5.41) is 15.7. The first kappa shape index (κ1) is 16.5. The highest BCUT2D eigenvalue weighted by molar-refractivity contribution is 9.10. The molecule has 0 aliphatic carbocycles. The molecule has 10 heteroatoms. The van der Waals surface area contributed by atoms with Crippen LogP contribution in [-0.4, -0.2) is 39.7 Å². The summed E-state index contributed by atoms with van der Waals surface area (Å²) >= 11 is 3.47. The van der Waals surface area contributed by atoms with Gasteiger partial charge in [0, 0.05) is 10.2 Å². The Labute approximate surface area is 167 Å². The van der Waals surface area contributed by atoms with E-state index in [1.807, 2.05) is 48.5 Å². The molecule has 0 saturated heterocycles. The van der Waals surface area contributed by atoms with Crippen molar-refractivity contribution in [1.29, 1.82) is 0 Å². The monoisotopic (exact) mass is 433 g/mol. The largest absolute Gasteiger partial charge is 0.324 e. The van der Waals surface area contributed by atoms with Gasteiger partial charge in [0.05, 0.1) is 17.6 Å². The molecule has 3 aromatic heterocycles. The second kappa shape index (κ2) is 6.82. The zero-order valence-electron chi connectivity index (χ0n) is 14.3. The molecular formula is C18H12BrN9. The molecule has 28 heavy (non-hydrogen) atoms. The van der Waals surface area contributed by atoms with Crippen molar-refractivity contribution < 1.29 is 0 Å². The molecule has 0 bridgehead atoms. The first-order chi connectivity index (χ1) is 13.8. The summed E-state index contributed by atoms with van der Waals surface area (Å²) in [4.78, 5) is 12.9. The van der Waals surface area contributed by atoms with Crippen LogP contribution >= 0.6 is 15.9 Å². The van der Waals surface area contributed by atoms with E-state index in [4.69, 9.17) is 0 Å². The van der Waals surface area contributed by atoms with Gasteiger partial charge in [-0.3, -0.25) is 0 Å². The fourth-order valence-electron chi connectivity index (χ4n) is 2.74. The van der Waals surface area contributed by atoms with Crippen molar-refractivity contribution in [3.05, 3.63) is 71.9 Å². The summed E-state index contributed by atoms with van der Waals surface area (Å²) in [5.41, 5.74) is 3.86. The van der Waals surface area contributed by atoms with Crippen LogP contribution in [0.3, 0.4) is 0 Å². The van der Waals surface area contributed by atoms with Crippen LogP contribution in [0, 0.1) is 0 Å². The van der Waals surface area contributed by atoms with E-state index < -0.39 is 0 Å². The molecule has 5 rings (SSSR count).